The molecule has 2 unspecified atom stereocenters. The maximum absolute atomic E-state index is 5.92. The largest absolute Gasteiger partial charge is 0.378 e. The summed E-state index contributed by atoms with van der Waals surface area (Å²) >= 11 is 0. The molecule has 1 N–H and O–H groups in total. The lowest BCUT2D eigenvalue weighted by atomic mass is 10.1. The first-order chi connectivity index (χ1) is 8.01. The van der Waals surface area contributed by atoms with E-state index in [-0.39, 0.29) is 11.6 Å². The summed E-state index contributed by atoms with van der Waals surface area (Å²) in [5, 5.41) is 3.48. The van der Waals surface area contributed by atoms with Crippen LogP contribution in [0.1, 0.15) is 40.0 Å². The van der Waals surface area contributed by atoms with Gasteiger partial charge >= 0.3 is 0 Å². The van der Waals surface area contributed by atoms with Crippen LogP contribution < -0.4 is 5.32 Å². The van der Waals surface area contributed by atoms with Gasteiger partial charge in [0.15, 0.2) is 0 Å². The first kappa shape index (κ1) is 14.7. The van der Waals surface area contributed by atoms with E-state index in [2.05, 4.69) is 32.7 Å². The van der Waals surface area contributed by atoms with Crippen molar-refractivity contribution >= 4 is 0 Å². The molecular weight excluding hydrogens is 214 g/mol. The Balaban J connectivity index is 2.08. The monoisotopic (exact) mass is 241 g/mol. The lowest BCUT2D eigenvalue weighted by Gasteiger charge is -2.23. The van der Waals surface area contributed by atoms with Crippen LogP contribution in [0.5, 0.6) is 0 Å². The molecule has 0 radical (unpaired) electrons. The standard InChI is InChI=1S/C14H27NO2/c1-5-6-9-16-11-13-8-7-12(17-13)10-15-14(2,3)4/h5,12-13,15H,1,6-11H2,2-4H3. The fraction of sp³-hybridized carbons (Fsp3) is 0.857. The fourth-order valence-electron chi connectivity index (χ4n) is 1.85. The Labute approximate surface area is 106 Å². The molecule has 0 saturated carbocycles. The van der Waals surface area contributed by atoms with Crippen molar-refractivity contribution in [3.63, 3.8) is 0 Å². The summed E-state index contributed by atoms with van der Waals surface area (Å²) in [7, 11) is 0. The van der Waals surface area contributed by atoms with Gasteiger partial charge in [-0.15, -0.1) is 6.58 Å². The molecule has 2 atom stereocenters. The van der Waals surface area contributed by atoms with Crippen LogP contribution in [-0.2, 0) is 9.47 Å². The van der Waals surface area contributed by atoms with Crippen LogP contribution in [0.4, 0.5) is 0 Å². The number of hydrogen-bond acceptors (Lipinski definition) is 3. The maximum Gasteiger partial charge on any atom is 0.0813 e. The number of hydrogen-bond donors (Lipinski definition) is 1. The minimum atomic E-state index is 0.169. The highest BCUT2D eigenvalue weighted by Crippen LogP contribution is 2.20. The summed E-state index contributed by atoms with van der Waals surface area (Å²) in [5.74, 6) is 0. The van der Waals surface area contributed by atoms with E-state index in [9.17, 15) is 0 Å². The minimum absolute atomic E-state index is 0.169. The van der Waals surface area contributed by atoms with Crippen molar-refractivity contribution in [1.82, 2.24) is 5.32 Å². The Morgan fingerprint density at radius 1 is 1.35 bits per heavy atom. The van der Waals surface area contributed by atoms with Crippen LogP contribution in [0.3, 0.4) is 0 Å². The summed E-state index contributed by atoms with van der Waals surface area (Å²) in [6, 6.07) is 0. The lowest BCUT2D eigenvalue weighted by molar-refractivity contribution is -0.0147. The molecule has 17 heavy (non-hydrogen) atoms. The quantitative estimate of drug-likeness (QED) is 0.549. The Hall–Kier alpha value is -0.380. The van der Waals surface area contributed by atoms with Crippen LogP contribution in [0.2, 0.25) is 0 Å². The molecule has 0 aromatic carbocycles. The number of rotatable bonds is 7. The Morgan fingerprint density at radius 2 is 2.06 bits per heavy atom. The maximum atomic E-state index is 5.92. The third-order valence-corrected chi connectivity index (χ3v) is 2.83. The van der Waals surface area contributed by atoms with Gasteiger partial charge in [-0.25, -0.2) is 0 Å². The summed E-state index contributed by atoms with van der Waals surface area (Å²) < 4.78 is 11.5. The highest BCUT2D eigenvalue weighted by Gasteiger charge is 2.26. The molecule has 0 bridgehead atoms. The average molecular weight is 241 g/mol. The fourth-order valence-corrected chi connectivity index (χ4v) is 1.85. The van der Waals surface area contributed by atoms with Gasteiger partial charge in [-0.2, -0.15) is 0 Å². The molecule has 1 fully saturated rings. The summed E-state index contributed by atoms with van der Waals surface area (Å²) in [5.41, 5.74) is 0.169. The topological polar surface area (TPSA) is 30.5 Å². The second-order valence-corrected chi connectivity index (χ2v) is 5.74. The van der Waals surface area contributed by atoms with Crippen molar-refractivity contribution in [1.29, 1.82) is 0 Å². The number of ether oxygens (including phenoxy) is 2. The van der Waals surface area contributed by atoms with Crippen LogP contribution in [0, 0.1) is 0 Å². The van der Waals surface area contributed by atoms with E-state index >= 15 is 0 Å². The Kier molecular flexibility index (Phi) is 6.17. The van der Waals surface area contributed by atoms with Gasteiger partial charge in [-0.3, -0.25) is 0 Å². The van der Waals surface area contributed by atoms with Gasteiger partial charge in [0.05, 0.1) is 25.4 Å². The smallest absolute Gasteiger partial charge is 0.0813 e. The zero-order chi connectivity index (χ0) is 12.7. The van der Waals surface area contributed by atoms with Crippen LogP contribution >= 0.6 is 0 Å². The van der Waals surface area contributed by atoms with Gasteiger partial charge in [-0.05, 0) is 40.0 Å². The van der Waals surface area contributed by atoms with Crippen molar-refractivity contribution in [2.24, 2.45) is 0 Å². The van der Waals surface area contributed by atoms with E-state index in [4.69, 9.17) is 9.47 Å². The molecule has 1 rings (SSSR count). The highest BCUT2D eigenvalue weighted by molar-refractivity contribution is 4.79. The molecule has 100 valence electrons. The summed E-state index contributed by atoms with van der Waals surface area (Å²) in [6.45, 7) is 12.6. The van der Waals surface area contributed by atoms with E-state index in [0.717, 1.165) is 39.0 Å². The molecule has 1 aliphatic rings. The average Bonchev–Trinajstić information content (AvgIpc) is 2.69. The van der Waals surface area contributed by atoms with E-state index in [1.54, 1.807) is 0 Å². The first-order valence-corrected chi connectivity index (χ1v) is 6.60. The van der Waals surface area contributed by atoms with Crippen molar-refractivity contribution in [2.45, 2.75) is 57.8 Å². The minimum Gasteiger partial charge on any atom is -0.378 e. The third-order valence-electron chi connectivity index (χ3n) is 2.83. The van der Waals surface area contributed by atoms with Crippen molar-refractivity contribution < 1.29 is 9.47 Å². The van der Waals surface area contributed by atoms with Crippen molar-refractivity contribution in [3.05, 3.63) is 12.7 Å². The van der Waals surface area contributed by atoms with Gasteiger partial charge in [0, 0.05) is 12.1 Å². The van der Waals surface area contributed by atoms with E-state index < -0.39 is 0 Å². The lowest BCUT2D eigenvalue weighted by Crippen LogP contribution is -2.41. The predicted molar refractivity (Wildman–Crippen MR) is 71.3 cm³/mol. The van der Waals surface area contributed by atoms with E-state index in [1.807, 2.05) is 6.08 Å². The van der Waals surface area contributed by atoms with E-state index in [1.165, 1.54) is 0 Å². The molecule has 1 heterocycles. The van der Waals surface area contributed by atoms with Gasteiger partial charge in [0.1, 0.15) is 0 Å². The molecule has 1 aliphatic heterocycles. The normalized spacial score (nSPS) is 25.1. The zero-order valence-corrected chi connectivity index (χ0v) is 11.5. The molecule has 0 spiro atoms. The molecule has 1 saturated heterocycles. The van der Waals surface area contributed by atoms with Crippen molar-refractivity contribution in [2.75, 3.05) is 19.8 Å². The molecule has 3 heteroatoms. The molecule has 3 nitrogen and oxygen atoms in total. The highest BCUT2D eigenvalue weighted by atomic mass is 16.5. The van der Waals surface area contributed by atoms with Gasteiger partial charge in [0.2, 0.25) is 0 Å². The van der Waals surface area contributed by atoms with Gasteiger partial charge in [0.25, 0.3) is 0 Å². The predicted octanol–water partition coefficient (Wildman–Crippen LogP) is 2.51. The molecule has 0 aromatic heterocycles. The van der Waals surface area contributed by atoms with Crippen LogP contribution in [0.15, 0.2) is 12.7 Å². The van der Waals surface area contributed by atoms with Gasteiger partial charge in [-0.1, -0.05) is 6.08 Å². The second-order valence-electron chi connectivity index (χ2n) is 5.74. The second kappa shape index (κ2) is 7.14. The molecule has 0 aliphatic carbocycles. The molecule has 0 aromatic rings. The van der Waals surface area contributed by atoms with Crippen molar-refractivity contribution in [3.8, 4) is 0 Å². The molecule has 0 amide bonds. The molecular formula is C14H27NO2. The Morgan fingerprint density at radius 3 is 2.71 bits per heavy atom. The zero-order valence-electron chi connectivity index (χ0n) is 11.5. The SMILES string of the molecule is C=CCCOCC1CCC(CNC(C)(C)C)O1. The first-order valence-electron chi connectivity index (χ1n) is 6.60. The van der Waals surface area contributed by atoms with Crippen LogP contribution in [-0.4, -0.2) is 37.5 Å². The summed E-state index contributed by atoms with van der Waals surface area (Å²) in [6.07, 6.45) is 5.69. The Bertz CT molecular complexity index is 223. The number of nitrogens with one attached hydrogen (secondary N) is 1. The van der Waals surface area contributed by atoms with E-state index in [0.29, 0.717) is 6.10 Å². The third kappa shape index (κ3) is 6.81. The summed E-state index contributed by atoms with van der Waals surface area (Å²) in [4.78, 5) is 0. The van der Waals surface area contributed by atoms with Crippen LogP contribution in [0.25, 0.3) is 0 Å². The van der Waals surface area contributed by atoms with Gasteiger partial charge < -0.3 is 14.8 Å².